The molecule has 30 heavy (non-hydrogen) atoms. The summed E-state index contributed by atoms with van der Waals surface area (Å²) in [5.74, 6) is -0.543. The molecule has 1 fully saturated rings. The highest BCUT2D eigenvalue weighted by molar-refractivity contribution is 5.97. The number of amides is 1. The van der Waals surface area contributed by atoms with E-state index in [2.05, 4.69) is 51.4 Å². The molecule has 4 rings (SSSR count). The second-order valence-corrected chi connectivity index (χ2v) is 7.73. The van der Waals surface area contributed by atoms with Gasteiger partial charge in [-0.2, -0.15) is 0 Å². The average Bonchev–Trinajstić information content (AvgIpc) is 2.75. The zero-order valence-electron chi connectivity index (χ0n) is 17.2. The number of rotatable bonds is 6. The highest BCUT2D eigenvalue weighted by Crippen LogP contribution is 2.26. The lowest BCUT2D eigenvalue weighted by Gasteiger charge is -2.34. The predicted octanol–water partition coefficient (Wildman–Crippen LogP) is 3.27. The molecular weight excluding hydrogens is 374 g/mol. The van der Waals surface area contributed by atoms with Gasteiger partial charge in [-0.25, -0.2) is 4.98 Å². The highest BCUT2D eigenvalue weighted by atomic mass is 16.1. The van der Waals surface area contributed by atoms with Gasteiger partial charge < -0.3 is 20.9 Å². The molecule has 0 spiro atoms. The van der Waals surface area contributed by atoms with Crippen molar-refractivity contribution in [3.63, 3.8) is 0 Å². The predicted molar refractivity (Wildman–Crippen MR) is 121 cm³/mol. The van der Waals surface area contributed by atoms with Crippen LogP contribution in [0.3, 0.4) is 0 Å². The van der Waals surface area contributed by atoms with Gasteiger partial charge in [-0.3, -0.25) is 4.79 Å². The molecule has 3 N–H and O–H groups in total. The number of anilines is 3. The Kier molecular flexibility index (Phi) is 5.95. The molecule has 3 aromatic rings. The van der Waals surface area contributed by atoms with Gasteiger partial charge in [0.15, 0.2) is 5.69 Å². The monoisotopic (exact) mass is 401 g/mol. The molecule has 1 saturated heterocycles. The second-order valence-electron chi connectivity index (χ2n) is 7.73. The van der Waals surface area contributed by atoms with Gasteiger partial charge in [0.2, 0.25) is 0 Å². The van der Waals surface area contributed by atoms with Gasteiger partial charge in [0.25, 0.3) is 5.91 Å². The molecule has 1 amide bonds. The first-order valence-electron chi connectivity index (χ1n) is 10.2. The molecule has 0 bridgehead atoms. The number of pyridine rings is 1. The number of hydrogen-bond donors (Lipinski definition) is 2. The van der Waals surface area contributed by atoms with Gasteiger partial charge in [0.1, 0.15) is 0 Å². The SMILES string of the molecule is CN1CCN(c2cccc(Nc3cc(Cc4ccccc4)cnc3C(N)=O)c2)CC1. The normalized spacial score (nSPS) is 14.5. The Morgan fingerprint density at radius 1 is 1.00 bits per heavy atom. The summed E-state index contributed by atoms with van der Waals surface area (Å²) in [7, 11) is 2.15. The third-order valence-electron chi connectivity index (χ3n) is 5.42. The highest BCUT2D eigenvalue weighted by Gasteiger charge is 2.16. The summed E-state index contributed by atoms with van der Waals surface area (Å²) in [4.78, 5) is 21.0. The number of primary amides is 1. The van der Waals surface area contributed by atoms with Crippen LogP contribution in [0.1, 0.15) is 21.6 Å². The molecule has 2 aromatic carbocycles. The largest absolute Gasteiger partial charge is 0.369 e. The van der Waals surface area contributed by atoms with E-state index in [1.165, 1.54) is 11.3 Å². The number of benzene rings is 2. The van der Waals surface area contributed by atoms with Crippen LogP contribution in [0.25, 0.3) is 0 Å². The first kappa shape index (κ1) is 19.9. The molecule has 1 aromatic heterocycles. The summed E-state index contributed by atoms with van der Waals surface area (Å²) in [5, 5.41) is 3.37. The van der Waals surface area contributed by atoms with E-state index in [1.807, 2.05) is 36.4 Å². The zero-order valence-corrected chi connectivity index (χ0v) is 17.2. The van der Waals surface area contributed by atoms with Crippen molar-refractivity contribution in [3.8, 4) is 0 Å². The maximum atomic E-state index is 11.9. The first-order chi connectivity index (χ1) is 14.6. The molecule has 0 saturated carbocycles. The van der Waals surface area contributed by atoms with Gasteiger partial charge >= 0.3 is 0 Å². The van der Waals surface area contributed by atoms with Crippen LogP contribution in [-0.4, -0.2) is 49.0 Å². The molecule has 0 radical (unpaired) electrons. The number of aromatic nitrogens is 1. The van der Waals surface area contributed by atoms with Crippen LogP contribution >= 0.6 is 0 Å². The molecule has 2 heterocycles. The minimum absolute atomic E-state index is 0.247. The lowest BCUT2D eigenvalue weighted by molar-refractivity contribution is 0.0996. The van der Waals surface area contributed by atoms with E-state index in [1.54, 1.807) is 6.20 Å². The third-order valence-corrected chi connectivity index (χ3v) is 5.42. The van der Waals surface area contributed by atoms with E-state index in [0.29, 0.717) is 5.69 Å². The Balaban J connectivity index is 1.57. The van der Waals surface area contributed by atoms with Crippen molar-refractivity contribution in [3.05, 3.63) is 83.7 Å². The number of piperazine rings is 1. The number of nitrogens with zero attached hydrogens (tertiary/aromatic N) is 3. The number of nitrogens with two attached hydrogens (primary N) is 1. The average molecular weight is 402 g/mol. The summed E-state index contributed by atoms with van der Waals surface area (Å²) >= 11 is 0. The first-order valence-corrected chi connectivity index (χ1v) is 10.2. The maximum absolute atomic E-state index is 11.9. The fourth-order valence-electron chi connectivity index (χ4n) is 3.73. The van der Waals surface area contributed by atoms with Crippen molar-refractivity contribution >= 4 is 23.0 Å². The standard InChI is InChI=1S/C24H27N5O/c1-28-10-12-29(13-11-28)21-9-5-8-20(16-21)27-22-15-19(17-26-23(22)24(25)30)14-18-6-3-2-4-7-18/h2-9,15-17,27H,10-14H2,1H3,(H2,25,30). The van der Waals surface area contributed by atoms with Crippen molar-refractivity contribution in [1.29, 1.82) is 0 Å². The van der Waals surface area contributed by atoms with Crippen LogP contribution in [0.15, 0.2) is 66.9 Å². The number of nitrogens with one attached hydrogen (secondary N) is 1. The summed E-state index contributed by atoms with van der Waals surface area (Å²) in [5.41, 5.74) is 10.7. The van der Waals surface area contributed by atoms with E-state index < -0.39 is 5.91 Å². The summed E-state index contributed by atoms with van der Waals surface area (Å²) < 4.78 is 0. The van der Waals surface area contributed by atoms with Crippen molar-refractivity contribution in [2.75, 3.05) is 43.4 Å². The number of likely N-dealkylation sites (N-methyl/N-ethyl adjacent to an activating group) is 1. The molecule has 0 unspecified atom stereocenters. The second kappa shape index (κ2) is 8.97. The molecule has 6 nitrogen and oxygen atoms in total. The van der Waals surface area contributed by atoms with Gasteiger partial charge in [-0.15, -0.1) is 0 Å². The topological polar surface area (TPSA) is 74.5 Å². The summed E-state index contributed by atoms with van der Waals surface area (Å²) in [6.07, 6.45) is 2.46. The Labute approximate surface area is 177 Å². The molecule has 6 heteroatoms. The van der Waals surface area contributed by atoms with Gasteiger partial charge in [-0.1, -0.05) is 36.4 Å². The van der Waals surface area contributed by atoms with Crippen LogP contribution in [0.2, 0.25) is 0 Å². The fourth-order valence-corrected chi connectivity index (χ4v) is 3.73. The maximum Gasteiger partial charge on any atom is 0.269 e. The van der Waals surface area contributed by atoms with Crippen LogP contribution in [0.5, 0.6) is 0 Å². The molecule has 154 valence electrons. The van der Waals surface area contributed by atoms with E-state index in [0.717, 1.165) is 43.9 Å². The Hall–Kier alpha value is -3.38. The van der Waals surface area contributed by atoms with Crippen LogP contribution in [0.4, 0.5) is 17.1 Å². The molecule has 1 aliphatic heterocycles. The molecular formula is C24H27N5O. The van der Waals surface area contributed by atoms with E-state index in [9.17, 15) is 4.79 Å². The number of carbonyl (C=O) groups is 1. The van der Waals surface area contributed by atoms with Gasteiger partial charge in [-0.05, 0) is 48.9 Å². The van der Waals surface area contributed by atoms with Gasteiger partial charge in [0.05, 0.1) is 5.69 Å². The minimum atomic E-state index is -0.543. The van der Waals surface area contributed by atoms with Crippen molar-refractivity contribution in [1.82, 2.24) is 9.88 Å². The molecule has 0 atom stereocenters. The van der Waals surface area contributed by atoms with E-state index in [4.69, 9.17) is 5.73 Å². The smallest absolute Gasteiger partial charge is 0.269 e. The van der Waals surface area contributed by atoms with Crippen molar-refractivity contribution < 1.29 is 4.79 Å². The van der Waals surface area contributed by atoms with Crippen LogP contribution < -0.4 is 16.0 Å². The summed E-state index contributed by atoms with van der Waals surface area (Å²) in [6, 6.07) is 20.4. The number of carbonyl (C=O) groups excluding carboxylic acids is 1. The molecule has 1 aliphatic rings. The van der Waals surface area contributed by atoms with Gasteiger partial charge in [0, 0.05) is 43.8 Å². The van der Waals surface area contributed by atoms with Crippen molar-refractivity contribution in [2.24, 2.45) is 5.73 Å². The third kappa shape index (κ3) is 4.78. The lowest BCUT2D eigenvalue weighted by atomic mass is 10.1. The van der Waals surface area contributed by atoms with E-state index >= 15 is 0 Å². The fraction of sp³-hybridized carbons (Fsp3) is 0.250. The lowest BCUT2D eigenvalue weighted by Crippen LogP contribution is -2.44. The van der Waals surface area contributed by atoms with E-state index in [-0.39, 0.29) is 5.69 Å². The van der Waals surface area contributed by atoms with Crippen LogP contribution in [-0.2, 0) is 6.42 Å². The van der Waals surface area contributed by atoms with Crippen molar-refractivity contribution in [2.45, 2.75) is 6.42 Å². The van der Waals surface area contributed by atoms with Crippen LogP contribution in [0, 0.1) is 0 Å². The minimum Gasteiger partial charge on any atom is -0.369 e. The Morgan fingerprint density at radius 2 is 1.77 bits per heavy atom. The summed E-state index contributed by atoms with van der Waals surface area (Å²) in [6.45, 7) is 4.10. The zero-order chi connectivity index (χ0) is 20.9. The quantitative estimate of drug-likeness (QED) is 0.663. The molecule has 0 aliphatic carbocycles. The Bertz CT molecular complexity index is 1010. The Morgan fingerprint density at radius 3 is 2.50 bits per heavy atom. The number of hydrogen-bond acceptors (Lipinski definition) is 5.